The third-order valence-corrected chi connectivity index (χ3v) is 6.98. The fraction of sp³-hybridized carbons (Fsp3) is 0.812. The van der Waals surface area contributed by atoms with Gasteiger partial charge in [-0.15, -0.1) is 0 Å². The molecule has 0 aromatic heterocycles. The molecule has 264 valence electrons. The van der Waals surface area contributed by atoms with Crippen LogP contribution >= 0.6 is 0 Å². The van der Waals surface area contributed by atoms with Gasteiger partial charge in [-0.05, 0) is 33.6 Å². The summed E-state index contributed by atoms with van der Waals surface area (Å²) in [7, 11) is 0. The molecule has 0 aromatic carbocycles. The summed E-state index contributed by atoms with van der Waals surface area (Å²) in [4.78, 5) is 74.5. The molecule has 0 bridgehead atoms. The van der Waals surface area contributed by atoms with Gasteiger partial charge in [-0.25, -0.2) is 4.79 Å². The van der Waals surface area contributed by atoms with E-state index in [4.69, 9.17) is 23.7 Å². The molecule has 3 N–H and O–H groups in total. The zero-order valence-corrected chi connectivity index (χ0v) is 28.7. The van der Waals surface area contributed by atoms with Crippen molar-refractivity contribution >= 4 is 35.8 Å². The van der Waals surface area contributed by atoms with Crippen LogP contribution < -0.4 is 16.0 Å². The largest absolute Gasteiger partial charge is 0.463 e. The average molecular weight is 658 g/mol. The van der Waals surface area contributed by atoms with E-state index in [1.165, 1.54) is 32.6 Å². The predicted octanol–water partition coefficient (Wildman–Crippen LogP) is 3.57. The van der Waals surface area contributed by atoms with Crippen molar-refractivity contribution in [1.29, 1.82) is 0 Å². The number of rotatable bonds is 18. The Balaban J connectivity index is 3.23. The standard InChI is InChI=1S/C32H55N3O11/c1-9-10-11-12-13-14-15-16-17-18-25(35-31(41)46-32(6,7)8)34-30(40)29-26(33-20(2)36)28(44-23(5)39)27(43-22(4)38)24(45-29)19-42-21(3)37/h24-29H,9-19H2,1-8H3,(H,33,36)(H,34,40)(H,35,41)/t24-,25-,26+,27-,28-,29-/m1/s1. The van der Waals surface area contributed by atoms with Crippen LogP contribution in [-0.2, 0) is 47.7 Å². The van der Waals surface area contributed by atoms with E-state index >= 15 is 0 Å². The third kappa shape index (κ3) is 16.8. The Morgan fingerprint density at radius 2 is 1.28 bits per heavy atom. The Kier molecular flexibility index (Phi) is 18.2. The Morgan fingerprint density at radius 3 is 1.78 bits per heavy atom. The highest BCUT2D eigenvalue weighted by Crippen LogP contribution is 2.28. The van der Waals surface area contributed by atoms with E-state index in [0.717, 1.165) is 46.5 Å². The molecule has 0 aliphatic carbocycles. The van der Waals surface area contributed by atoms with Crippen LogP contribution in [0, 0.1) is 0 Å². The molecular weight excluding hydrogens is 602 g/mol. The first-order valence-corrected chi connectivity index (χ1v) is 16.2. The minimum Gasteiger partial charge on any atom is -0.463 e. The van der Waals surface area contributed by atoms with E-state index < -0.39 is 84.6 Å². The van der Waals surface area contributed by atoms with Gasteiger partial charge in [0, 0.05) is 27.7 Å². The Morgan fingerprint density at radius 1 is 0.739 bits per heavy atom. The Labute approximate surface area is 272 Å². The predicted molar refractivity (Wildman–Crippen MR) is 167 cm³/mol. The fourth-order valence-corrected chi connectivity index (χ4v) is 5.10. The van der Waals surface area contributed by atoms with Crippen LogP contribution in [0.5, 0.6) is 0 Å². The van der Waals surface area contributed by atoms with Crippen molar-refractivity contribution in [3.63, 3.8) is 0 Å². The summed E-state index contributed by atoms with van der Waals surface area (Å²) in [5.41, 5.74) is -0.785. The quantitative estimate of drug-likeness (QED) is 0.0847. The van der Waals surface area contributed by atoms with Crippen molar-refractivity contribution < 1.29 is 52.5 Å². The zero-order chi connectivity index (χ0) is 34.9. The Hall–Kier alpha value is -3.42. The van der Waals surface area contributed by atoms with E-state index in [9.17, 15) is 28.8 Å². The molecule has 46 heavy (non-hydrogen) atoms. The van der Waals surface area contributed by atoms with Crippen molar-refractivity contribution in [3.8, 4) is 0 Å². The van der Waals surface area contributed by atoms with Gasteiger partial charge in [-0.2, -0.15) is 0 Å². The summed E-state index contributed by atoms with van der Waals surface area (Å²) in [5.74, 6) is -3.55. The van der Waals surface area contributed by atoms with Gasteiger partial charge in [-0.1, -0.05) is 58.3 Å². The molecule has 14 heteroatoms. The average Bonchev–Trinajstić information content (AvgIpc) is 2.91. The maximum Gasteiger partial charge on any atom is 0.409 e. The first-order valence-electron chi connectivity index (χ1n) is 16.2. The first kappa shape index (κ1) is 40.6. The van der Waals surface area contributed by atoms with Crippen LogP contribution in [0.1, 0.15) is 120 Å². The summed E-state index contributed by atoms with van der Waals surface area (Å²) < 4.78 is 27.4. The number of esters is 3. The lowest BCUT2D eigenvalue weighted by molar-refractivity contribution is -0.222. The Bertz CT molecular complexity index is 1010. The maximum atomic E-state index is 13.8. The summed E-state index contributed by atoms with van der Waals surface area (Å²) in [6.07, 6.45) is 2.99. The van der Waals surface area contributed by atoms with Gasteiger partial charge in [0.2, 0.25) is 5.91 Å². The molecule has 0 spiro atoms. The summed E-state index contributed by atoms with van der Waals surface area (Å²) >= 11 is 0. The van der Waals surface area contributed by atoms with Gasteiger partial charge in [-0.3, -0.25) is 24.0 Å². The topological polar surface area (TPSA) is 185 Å². The summed E-state index contributed by atoms with van der Waals surface area (Å²) in [6.45, 7) is 11.5. The molecule has 0 aromatic rings. The zero-order valence-electron chi connectivity index (χ0n) is 28.7. The molecule has 6 atom stereocenters. The third-order valence-electron chi connectivity index (χ3n) is 6.98. The van der Waals surface area contributed by atoms with Crippen molar-refractivity contribution in [2.45, 2.75) is 162 Å². The van der Waals surface area contributed by atoms with Crippen LogP contribution in [0.15, 0.2) is 0 Å². The van der Waals surface area contributed by atoms with Crippen LogP contribution in [0.2, 0.25) is 0 Å². The smallest absolute Gasteiger partial charge is 0.409 e. The monoisotopic (exact) mass is 657 g/mol. The second-order valence-electron chi connectivity index (χ2n) is 12.6. The highest BCUT2D eigenvalue weighted by atomic mass is 16.6. The molecule has 1 aliphatic heterocycles. The van der Waals surface area contributed by atoms with Crippen LogP contribution in [-0.4, -0.2) is 84.6 Å². The molecule has 0 radical (unpaired) electrons. The molecule has 0 saturated carbocycles. The van der Waals surface area contributed by atoms with Gasteiger partial charge < -0.3 is 39.6 Å². The number of nitrogens with one attached hydrogen (secondary N) is 3. The number of amides is 3. The molecule has 1 rings (SSSR count). The van der Waals surface area contributed by atoms with Crippen molar-refractivity contribution in [1.82, 2.24) is 16.0 Å². The minimum atomic E-state index is -1.51. The van der Waals surface area contributed by atoms with E-state index in [1.807, 2.05) is 0 Å². The lowest BCUT2D eigenvalue weighted by Gasteiger charge is -2.44. The van der Waals surface area contributed by atoms with Crippen molar-refractivity contribution in [2.24, 2.45) is 0 Å². The second-order valence-corrected chi connectivity index (χ2v) is 12.6. The number of hydrogen-bond acceptors (Lipinski definition) is 11. The first-order chi connectivity index (χ1) is 21.5. The highest BCUT2D eigenvalue weighted by Gasteiger charge is 2.53. The maximum absolute atomic E-state index is 13.8. The molecule has 1 saturated heterocycles. The summed E-state index contributed by atoms with van der Waals surface area (Å²) in [5, 5.41) is 8.03. The van der Waals surface area contributed by atoms with Gasteiger partial charge in [0.15, 0.2) is 18.3 Å². The van der Waals surface area contributed by atoms with E-state index in [2.05, 4.69) is 22.9 Å². The van der Waals surface area contributed by atoms with E-state index in [0.29, 0.717) is 12.8 Å². The lowest BCUT2D eigenvalue weighted by atomic mass is 9.91. The van der Waals surface area contributed by atoms with Crippen LogP contribution in [0.25, 0.3) is 0 Å². The molecule has 0 unspecified atom stereocenters. The number of unbranched alkanes of at least 4 members (excludes halogenated alkanes) is 8. The SMILES string of the molecule is CCCCCCCCCCC[C@@H](NC(=O)OC(C)(C)C)NC(=O)[C@@H]1O[C@H](COC(C)=O)[C@@H](OC(C)=O)[C@H](OC(C)=O)[C@@H]1NC(C)=O. The van der Waals surface area contributed by atoms with Gasteiger partial charge in [0.25, 0.3) is 5.91 Å². The number of carbonyl (C=O) groups is 6. The molecule has 14 nitrogen and oxygen atoms in total. The van der Waals surface area contributed by atoms with E-state index in [-0.39, 0.29) is 0 Å². The summed E-state index contributed by atoms with van der Waals surface area (Å²) in [6, 6.07) is -1.31. The number of carbonyl (C=O) groups excluding carboxylic acids is 6. The lowest BCUT2D eigenvalue weighted by Crippen LogP contribution is -2.69. The van der Waals surface area contributed by atoms with Gasteiger partial charge >= 0.3 is 24.0 Å². The van der Waals surface area contributed by atoms with Crippen LogP contribution in [0.4, 0.5) is 4.79 Å². The minimum absolute atomic E-state index is 0.374. The van der Waals surface area contributed by atoms with Gasteiger partial charge in [0.1, 0.15) is 30.5 Å². The van der Waals surface area contributed by atoms with E-state index in [1.54, 1.807) is 20.8 Å². The van der Waals surface area contributed by atoms with Gasteiger partial charge in [0.05, 0.1) is 0 Å². The molecule has 1 aliphatic rings. The molecule has 1 fully saturated rings. The molecule has 3 amide bonds. The normalized spacial score (nSPS) is 21.7. The van der Waals surface area contributed by atoms with Crippen LogP contribution in [0.3, 0.4) is 0 Å². The number of ether oxygens (including phenoxy) is 5. The number of alkyl carbamates (subject to hydrolysis) is 1. The fourth-order valence-electron chi connectivity index (χ4n) is 5.10. The number of hydrogen-bond donors (Lipinski definition) is 3. The second kappa shape index (κ2) is 20.7. The van der Waals surface area contributed by atoms with Crippen molar-refractivity contribution in [3.05, 3.63) is 0 Å². The molecule has 1 heterocycles. The molecular formula is C32H55N3O11. The van der Waals surface area contributed by atoms with Crippen molar-refractivity contribution in [2.75, 3.05) is 6.61 Å². The highest BCUT2D eigenvalue weighted by molar-refractivity contribution is 5.84.